The van der Waals surface area contributed by atoms with Gasteiger partial charge in [-0.15, -0.1) is 0 Å². The van der Waals surface area contributed by atoms with Crippen LogP contribution in [-0.2, 0) is 4.74 Å². The van der Waals surface area contributed by atoms with Gasteiger partial charge in [0.2, 0.25) is 0 Å². The van der Waals surface area contributed by atoms with Gasteiger partial charge in [0.1, 0.15) is 0 Å². The number of rotatable bonds is 4. The van der Waals surface area contributed by atoms with Gasteiger partial charge in [-0.3, -0.25) is 0 Å². The molecule has 100 valence electrons. The highest BCUT2D eigenvalue weighted by Crippen LogP contribution is 2.47. The molecule has 0 amide bonds. The molecule has 1 heterocycles. The van der Waals surface area contributed by atoms with Gasteiger partial charge in [-0.25, -0.2) is 0 Å². The average molecular weight is 240 g/mol. The Bertz CT molecular complexity index is 261. The minimum absolute atomic E-state index is 0.134. The van der Waals surface area contributed by atoms with Crippen molar-refractivity contribution in [3.05, 3.63) is 0 Å². The molecule has 2 rings (SSSR count). The maximum atomic E-state index is 6.06. The van der Waals surface area contributed by atoms with Gasteiger partial charge in [-0.2, -0.15) is 0 Å². The fraction of sp³-hybridized carbons (Fsp3) is 1.00. The molecule has 0 spiro atoms. The lowest BCUT2D eigenvalue weighted by Crippen LogP contribution is -2.55. The molecule has 2 fully saturated rings. The normalized spacial score (nSPS) is 40.9. The number of ether oxygens (including phenoxy) is 1. The summed E-state index contributed by atoms with van der Waals surface area (Å²) in [5, 5.41) is 3.74. The van der Waals surface area contributed by atoms with Crippen LogP contribution in [0.3, 0.4) is 0 Å². The molecular weight excluding hydrogens is 212 g/mol. The largest absolute Gasteiger partial charge is 0.377 e. The van der Waals surface area contributed by atoms with E-state index in [4.69, 9.17) is 10.5 Å². The van der Waals surface area contributed by atoms with Gasteiger partial charge in [0, 0.05) is 25.2 Å². The van der Waals surface area contributed by atoms with E-state index < -0.39 is 0 Å². The van der Waals surface area contributed by atoms with E-state index in [0.717, 1.165) is 19.7 Å². The molecule has 3 unspecified atom stereocenters. The van der Waals surface area contributed by atoms with E-state index in [2.05, 4.69) is 26.1 Å². The predicted octanol–water partition coefficient (Wildman–Crippen LogP) is 1.91. The van der Waals surface area contributed by atoms with E-state index in [0.29, 0.717) is 17.4 Å². The summed E-state index contributed by atoms with van der Waals surface area (Å²) in [6.45, 7) is 9.69. The topological polar surface area (TPSA) is 47.3 Å². The Morgan fingerprint density at radius 2 is 2.18 bits per heavy atom. The summed E-state index contributed by atoms with van der Waals surface area (Å²) in [5.41, 5.74) is 6.62. The van der Waals surface area contributed by atoms with Crippen molar-refractivity contribution in [3.8, 4) is 0 Å². The molecule has 1 saturated heterocycles. The SMILES string of the molecule is CC1CC(C)(C)CC1(CN)NCC1CCCO1. The van der Waals surface area contributed by atoms with Crippen LogP contribution in [0.4, 0.5) is 0 Å². The van der Waals surface area contributed by atoms with Crippen molar-refractivity contribution in [3.63, 3.8) is 0 Å². The predicted molar refractivity (Wildman–Crippen MR) is 70.9 cm³/mol. The Labute approximate surface area is 105 Å². The van der Waals surface area contributed by atoms with Gasteiger partial charge in [0.25, 0.3) is 0 Å². The standard InChI is InChI=1S/C14H28N2O/c1-11-7-13(2,3)9-14(11,10-15)16-8-12-5-4-6-17-12/h11-12,16H,4-10,15H2,1-3H3. The van der Waals surface area contributed by atoms with Crippen molar-refractivity contribution in [2.24, 2.45) is 17.1 Å². The van der Waals surface area contributed by atoms with Gasteiger partial charge in [-0.05, 0) is 37.0 Å². The van der Waals surface area contributed by atoms with Crippen LogP contribution in [0.25, 0.3) is 0 Å². The third-order valence-corrected chi connectivity index (χ3v) is 4.67. The highest BCUT2D eigenvalue weighted by Gasteiger charge is 2.47. The number of hydrogen-bond donors (Lipinski definition) is 2. The first-order valence-electron chi connectivity index (χ1n) is 7.04. The molecule has 17 heavy (non-hydrogen) atoms. The Morgan fingerprint density at radius 3 is 2.65 bits per heavy atom. The van der Waals surface area contributed by atoms with Crippen LogP contribution in [0.15, 0.2) is 0 Å². The fourth-order valence-corrected chi connectivity index (χ4v) is 3.83. The average Bonchev–Trinajstić information content (AvgIpc) is 2.82. The van der Waals surface area contributed by atoms with E-state index in [1.54, 1.807) is 0 Å². The summed E-state index contributed by atoms with van der Waals surface area (Å²) < 4.78 is 5.69. The van der Waals surface area contributed by atoms with Crippen molar-refractivity contribution in [1.29, 1.82) is 0 Å². The van der Waals surface area contributed by atoms with Crippen molar-refractivity contribution < 1.29 is 4.74 Å². The number of hydrogen-bond acceptors (Lipinski definition) is 3. The molecule has 3 atom stereocenters. The van der Waals surface area contributed by atoms with Gasteiger partial charge in [0.15, 0.2) is 0 Å². The van der Waals surface area contributed by atoms with Crippen LogP contribution in [0.2, 0.25) is 0 Å². The molecule has 3 nitrogen and oxygen atoms in total. The van der Waals surface area contributed by atoms with Crippen LogP contribution in [0.1, 0.15) is 46.5 Å². The summed E-state index contributed by atoms with van der Waals surface area (Å²) in [7, 11) is 0. The fourth-order valence-electron chi connectivity index (χ4n) is 3.83. The highest BCUT2D eigenvalue weighted by atomic mass is 16.5. The number of nitrogens with two attached hydrogens (primary N) is 1. The molecular formula is C14H28N2O. The van der Waals surface area contributed by atoms with Crippen molar-refractivity contribution in [2.75, 3.05) is 19.7 Å². The molecule has 2 aliphatic rings. The Morgan fingerprint density at radius 1 is 1.41 bits per heavy atom. The lowest BCUT2D eigenvalue weighted by molar-refractivity contribution is 0.0962. The van der Waals surface area contributed by atoms with Crippen molar-refractivity contribution in [2.45, 2.75) is 58.1 Å². The zero-order valence-corrected chi connectivity index (χ0v) is 11.6. The van der Waals surface area contributed by atoms with Crippen molar-refractivity contribution >= 4 is 0 Å². The van der Waals surface area contributed by atoms with Gasteiger partial charge in [-0.1, -0.05) is 20.8 Å². The Hall–Kier alpha value is -0.120. The van der Waals surface area contributed by atoms with Gasteiger partial charge < -0.3 is 15.8 Å². The third-order valence-electron chi connectivity index (χ3n) is 4.67. The van der Waals surface area contributed by atoms with Crippen molar-refractivity contribution in [1.82, 2.24) is 5.32 Å². The van der Waals surface area contributed by atoms with E-state index >= 15 is 0 Å². The summed E-state index contributed by atoms with van der Waals surface area (Å²) in [4.78, 5) is 0. The summed E-state index contributed by atoms with van der Waals surface area (Å²) >= 11 is 0. The van der Waals surface area contributed by atoms with Gasteiger partial charge in [0.05, 0.1) is 6.10 Å². The molecule has 0 radical (unpaired) electrons. The second-order valence-corrected chi connectivity index (χ2v) is 6.82. The third kappa shape index (κ3) is 2.83. The zero-order valence-electron chi connectivity index (χ0n) is 11.6. The monoisotopic (exact) mass is 240 g/mol. The molecule has 0 aromatic heterocycles. The Balaban J connectivity index is 1.94. The van der Waals surface area contributed by atoms with E-state index in [1.807, 2.05) is 0 Å². The maximum absolute atomic E-state index is 6.06. The van der Waals surface area contributed by atoms with E-state index in [1.165, 1.54) is 25.7 Å². The molecule has 1 saturated carbocycles. The second-order valence-electron chi connectivity index (χ2n) is 6.82. The summed E-state index contributed by atoms with van der Waals surface area (Å²) in [6, 6.07) is 0. The lowest BCUT2D eigenvalue weighted by Gasteiger charge is -2.35. The molecule has 0 aromatic carbocycles. The second kappa shape index (κ2) is 4.87. The van der Waals surface area contributed by atoms with Crippen LogP contribution >= 0.6 is 0 Å². The van der Waals surface area contributed by atoms with Crippen LogP contribution in [0.5, 0.6) is 0 Å². The Kier molecular flexibility index (Phi) is 3.81. The van der Waals surface area contributed by atoms with Crippen LogP contribution < -0.4 is 11.1 Å². The van der Waals surface area contributed by atoms with Crippen LogP contribution in [-0.4, -0.2) is 31.3 Å². The minimum Gasteiger partial charge on any atom is -0.377 e. The minimum atomic E-state index is 0.134. The molecule has 0 bridgehead atoms. The zero-order chi connectivity index (χ0) is 12.5. The molecule has 3 heteroatoms. The maximum Gasteiger partial charge on any atom is 0.0700 e. The molecule has 1 aliphatic carbocycles. The first-order valence-corrected chi connectivity index (χ1v) is 7.04. The molecule has 0 aromatic rings. The smallest absolute Gasteiger partial charge is 0.0700 e. The lowest BCUT2D eigenvalue weighted by atomic mass is 9.86. The highest BCUT2D eigenvalue weighted by molar-refractivity contribution is 5.05. The summed E-state index contributed by atoms with van der Waals surface area (Å²) in [5.74, 6) is 0.656. The quantitative estimate of drug-likeness (QED) is 0.789. The number of nitrogens with one attached hydrogen (secondary N) is 1. The van der Waals surface area contributed by atoms with Gasteiger partial charge >= 0.3 is 0 Å². The van der Waals surface area contributed by atoms with Crippen LogP contribution in [0, 0.1) is 11.3 Å². The first kappa shape index (κ1) is 13.3. The molecule has 1 aliphatic heterocycles. The van der Waals surface area contributed by atoms with E-state index in [-0.39, 0.29) is 5.54 Å². The first-order chi connectivity index (χ1) is 7.97. The summed E-state index contributed by atoms with van der Waals surface area (Å²) in [6.07, 6.45) is 5.27. The molecule has 3 N–H and O–H groups in total. The van der Waals surface area contributed by atoms with E-state index in [9.17, 15) is 0 Å².